The average Bonchev–Trinajstić information content (AvgIpc) is 3.09. The van der Waals surface area contributed by atoms with Gasteiger partial charge in [-0.1, -0.05) is 41.5 Å². The van der Waals surface area contributed by atoms with Gasteiger partial charge in [-0.05, 0) is 74.0 Å². The molecule has 0 bridgehead atoms. The molecule has 248 valence electrons. The molecule has 2 unspecified atom stereocenters. The Labute approximate surface area is 288 Å². The van der Waals surface area contributed by atoms with Crippen LogP contribution in [0.5, 0.6) is 34.5 Å². The SMILES string of the molecule is COc1ccc(/C=C2\C(=O)C(Cl)C(=Nc3ccc(OC)c(OCOc4ccc(C)cc4)c3)C(=O)C2Cl)cc1OCOc1ccc(C)cc1. The summed E-state index contributed by atoms with van der Waals surface area (Å²) in [4.78, 5) is 31.3. The molecular formula is C37H33Cl2NO8. The lowest BCUT2D eigenvalue weighted by Gasteiger charge is -2.24. The van der Waals surface area contributed by atoms with Gasteiger partial charge < -0.3 is 28.4 Å². The van der Waals surface area contributed by atoms with E-state index in [4.69, 9.17) is 51.6 Å². The quantitative estimate of drug-likeness (QED) is 0.0848. The second kappa shape index (κ2) is 15.7. The molecule has 0 N–H and O–H groups in total. The minimum Gasteiger partial charge on any atom is -0.493 e. The summed E-state index contributed by atoms with van der Waals surface area (Å²) in [6.07, 6.45) is 1.50. The van der Waals surface area contributed by atoms with Crippen LogP contribution < -0.4 is 28.4 Å². The molecule has 0 heterocycles. The van der Waals surface area contributed by atoms with Crippen molar-refractivity contribution in [2.24, 2.45) is 4.99 Å². The number of methoxy groups -OCH3 is 2. The Morgan fingerprint density at radius 2 is 1.15 bits per heavy atom. The monoisotopic (exact) mass is 689 g/mol. The highest BCUT2D eigenvalue weighted by Gasteiger charge is 2.42. The smallest absolute Gasteiger partial charge is 0.231 e. The van der Waals surface area contributed by atoms with Crippen molar-refractivity contribution in [3.8, 4) is 34.5 Å². The van der Waals surface area contributed by atoms with E-state index >= 15 is 0 Å². The Balaban J connectivity index is 1.31. The normalized spacial score (nSPS) is 17.7. The molecule has 0 aliphatic heterocycles. The van der Waals surface area contributed by atoms with E-state index in [9.17, 15) is 9.59 Å². The Morgan fingerprint density at radius 3 is 1.69 bits per heavy atom. The Bertz CT molecular complexity index is 1700. The van der Waals surface area contributed by atoms with E-state index in [1.807, 2.05) is 62.4 Å². The summed E-state index contributed by atoms with van der Waals surface area (Å²) in [5.74, 6) is 1.69. The van der Waals surface area contributed by atoms with E-state index in [0.29, 0.717) is 45.7 Å². The molecule has 0 aromatic heterocycles. The number of Topliss-reactive ketones (excluding diaryl/α,β-unsaturated/α-hetero) is 2. The van der Waals surface area contributed by atoms with Crippen molar-refractivity contribution in [2.75, 3.05) is 27.8 Å². The fraction of sp³-hybridized carbons (Fsp3) is 0.216. The maximum Gasteiger partial charge on any atom is 0.231 e. The molecular weight excluding hydrogens is 657 g/mol. The maximum atomic E-state index is 13.5. The van der Waals surface area contributed by atoms with E-state index in [0.717, 1.165) is 11.1 Å². The largest absolute Gasteiger partial charge is 0.493 e. The van der Waals surface area contributed by atoms with Crippen LogP contribution in [0.2, 0.25) is 0 Å². The molecule has 4 aromatic rings. The number of halogens is 2. The molecule has 1 aliphatic rings. The lowest BCUT2D eigenvalue weighted by molar-refractivity contribution is -0.119. The molecule has 2 atom stereocenters. The third kappa shape index (κ3) is 8.29. The second-order valence-electron chi connectivity index (χ2n) is 10.7. The number of ether oxygens (including phenoxy) is 6. The Hall–Kier alpha value is -4.99. The lowest BCUT2D eigenvalue weighted by atomic mass is 9.88. The zero-order valence-electron chi connectivity index (χ0n) is 26.7. The number of carbonyl (C=O) groups is 2. The van der Waals surface area contributed by atoms with Crippen LogP contribution in [0.1, 0.15) is 16.7 Å². The molecule has 1 saturated carbocycles. The van der Waals surface area contributed by atoms with E-state index in [2.05, 4.69) is 4.99 Å². The highest BCUT2D eigenvalue weighted by Crippen LogP contribution is 2.35. The molecule has 1 aliphatic carbocycles. The molecule has 5 rings (SSSR count). The molecule has 0 amide bonds. The van der Waals surface area contributed by atoms with E-state index in [1.165, 1.54) is 20.3 Å². The van der Waals surface area contributed by atoms with Gasteiger partial charge in [0.25, 0.3) is 0 Å². The number of nitrogens with zero attached hydrogens (tertiary/aromatic N) is 1. The first kappa shape index (κ1) is 34.3. The van der Waals surface area contributed by atoms with Gasteiger partial charge in [0.1, 0.15) is 28.0 Å². The van der Waals surface area contributed by atoms with Crippen LogP contribution >= 0.6 is 23.2 Å². The Kier molecular flexibility index (Phi) is 11.3. The number of allylic oxidation sites excluding steroid dienone is 1. The topological polar surface area (TPSA) is 102 Å². The minimum atomic E-state index is -1.37. The number of hydrogen-bond donors (Lipinski definition) is 0. The standard InChI is InChI=1S/C37H33Cl2NO8/c1-22-5-11-26(12-6-22)45-20-47-31-18-24(9-15-29(31)43-3)17-28-33(38)37(42)35(34(39)36(28)41)40-25-10-16-30(44-4)32(19-25)48-21-46-27-13-7-23(2)8-14-27/h5-19,33-34H,20-21H2,1-4H3/b28-17-,40-35?. The highest BCUT2D eigenvalue weighted by atomic mass is 35.5. The number of aliphatic imine (C=N–C) groups is 1. The van der Waals surface area contributed by atoms with E-state index in [-0.39, 0.29) is 24.9 Å². The molecule has 11 heteroatoms. The van der Waals surface area contributed by atoms with Crippen LogP contribution in [0.3, 0.4) is 0 Å². The molecule has 0 spiro atoms. The third-order valence-corrected chi connectivity index (χ3v) is 8.18. The fourth-order valence-electron chi connectivity index (χ4n) is 4.70. The molecule has 1 fully saturated rings. The van der Waals surface area contributed by atoms with E-state index in [1.54, 1.807) is 36.4 Å². The van der Waals surface area contributed by atoms with Crippen molar-refractivity contribution in [2.45, 2.75) is 24.6 Å². The van der Waals surface area contributed by atoms with Crippen molar-refractivity contribution in [3.05, 3.63) is 107 Å². The van der Waals surface area contributed by atoms with Crippen molar-refractivity contribution >= 4 is 52.2 Å². The summed E-state index contributed by atoms with van der Waals surface area (Å²) in [7, 11) is 3.01. The van der Waals surface area contributed by atoms with Gasteiger partial charge >= 0.3 is 0 Å². The molecule has 9 nitrogen and oxygen atoms in total. The number of ketones is 2. The summed E-state index contributed by atoms with van der Waals surface area (Å²) in [5, 5.41) is -2.69. The summed E-state index contributed by atoms with van der Waals surface area (Å²) in [6, 6.07) is 24.9. The summed E-state index contributed by atoms with van der Waals surface area (Å²) < 4.78 is 33.7. The van der Waals surface area contributed by atoms with Gasteiger partial charge in [-0.3, -0.25) is 9.59 Å². The van der Waals surface area contributed by atoms with Crippen molar-refractivity contribution in [1.29, 1.82) is 0 Å². The number of alkyl halides is 2. The van der Waals surface area contributed by atoms with Crippen LogP contribution in [-0.2, 0) is 9.59 Å². The zero-order valence-corrected chi connectivity index (χ0v) is 28.2. The van der Waals surface area contributed by atoms with Crippen LogP contribution in [-0.4, -0.2) is 55.8 Å². The first-order chi connectivity index (χ1) is 23.2. The van der Waals surface area contributed by atoms with Crippen molar-refractivity contribution in [1.82, 2.24) is 0 Å². The number of carbonyl (C=O) groups excluding carboxylic acids is 2. The van der Waals surface area contributed by atoms with Gasteiger partial charge in [-0.2, -0.15) is 0 Å². The predicted octanol–water partition coefficient (Wildman–Crippen LogP) is 7.67. The van der Waals surface area contributed by atoms with Gasteiger partial charge in [0.05, 0.1) is 19.9 Å². The first-order valence-corrected chi connectivity index (χ1v) is 15.7. The number of hydrogen-bond acceptors (Lipinski definition) is 9. The Morgan fingerprint density at radius 1 is 0.625 bits per heavy atom. The van der Waals surface area contributed by atoms with Crippen molar-refractivity contribution in [3.63, 3.8) is 0 Å². The average molecular weight is 691 g/mol. The molecule has 0 radical (unpaired) electrons. The minimum absolute atomic E-state index is 0.0275. The number of rotatable bonds is 12. The highest BCUT2D eigenvalue weighted by molar-refractivity contribution is 6.68. The number of benzene rings is 4. The summed E-state index contributed by atoms with van der Waals surface area (Å²) in [6.45, 7) is 3.77. The third-order valence-electron chi connectivity index (χ3n) is 7.34. The van der Waals surface area contributed by atoms with Gasteiger partial charge in [-0.15, -0.1) is 23.2 Å². The predicted molar refractivity (Wildman–Crippen MR) is 185 cm³/mol. The first-order valence-electron chi connectivity index (χ1n) is 14.8. The van der Waals surface area contributed by atoms with Crippen LogP contribution in [0.15, 0.2) is 95.5 Å². The van der Waals surface area contributed by atoms with Gasteiger partial charge in [0, 0.05) is 11.6 Å². The number of aryl methyl sites for hydroxylation is 2. The molecule has 4 aromatic carbocycles. The van der Waals surface area contributed by atoms with Crippen LogP contribution in [0.4, 0.5) is 5.69 Å². The molecule has 0 saturated heterocycles. The summed E-state index contributed by atoms with van der Waals surface area (Å²) in [5.41, 5.74) is 2.90. The van der Waals surface area contributed by atoms with E-state index < -0.39 is 22.3 Å². The van der Waals surface area contributed by atoms with Gasteiger partial charge in [0.15, 0.2) is 28.8 Å². The lowest BCUT2D eigenvalue weighted by Crippen LogP contribution is -2.45. The van der Waals surface area contributed by atoms with Crippen LogP contribution in [0.25, 0.3) is 6.08 Å². The van der Waals surface area contributed by atoms with Crippen molar-refractivity contribution < 1.29 is 38.0 Å². The summed E-state index contributed by atoms with van der Waals surface area (Å²) >= 11 is 13.1. The fourth-order valence-corrected chi connectivity index (χ4v) is 5.27. The second-order valence-corrected chi connectivity index (χ2v) is 11.6. The van der Waals surface area contributed by atoms with Gasteiger partial charge in [-0.25, -0.2) is 4.99 Å². The van der Waals surface area contributed by atoms with Crippen LogP contribution in [0, 0.1) is 13.8 Å². The maximum absolute atomic E-state index is 13.5. The zero-order chi connectivity index (χ0) is 34.2. The van der Waals surface area contributed by atoms with Gasteiger partial charge in [0.2, 0.25) is 19.4 Å². The molecule has 48 heavy (non-hydrogen) atoms.